The van der Waals surface area contributed by atoms with Crippen molar-refractivity contribution < 1.29 is 8.78 Å². The lowest BCUT2D eigenvalue weighted by Gasteiger charge is -2.16. The van der Waals surface area contributed by atoms with Crippen LogP contribution in [-0.2, 0) is 0 Å². The second-order valence-corrected chi connectivity index (χ2v) is 5.51. The fourth-order valence-corrected chi connectivity index (χ4v) is 2.50. The molecule has 0 saturated heterocycles. The van der Waals surface area contributed by atoms with Crippen molar-refractivity contribution in [2.45, 2.75) is 13.0 Å². The smallest absolute Gasteiger partial charge is 0.142 e. The molecule has 0 aliphatic carbocycles. The van der Waals surface area contributed by atoms with Gasteiger partial charge in [-0.2, -0.15) is 0 Å². The Labute approximate surface area is 123 Å². The number of halogens is 4. The Balaban J connectivity index is 2.53. The molecule has 0 saturated carbocycles. The minimum Gasteiger partial charge on any atom is -0.320 e. The van der Waals surface area contributed by atoms with E-state index < -0.39 is 17.7 Å². The van der Waals surface area contributed by atoms with E-state index in [9.17, 15) is 8.78 Å². The summed E-state index contributed by atoms with van der Waals surface area (Å²) < 4.78 is 27.7. The molecular weight excluding hydrogens is 336 g/mol. The molecule has 0 aromatic heterocycles. The summed E-state index contributed by atoms with van der Waals surface area (Å²) in [5.41, 5.74) is 7.27. The first kappa shape index (κ1) is 14.4. The Hall–Kier alpha value is -0.970. The molecule has 1 atom stereocenters. The van der Waals surface area contributed by atoms with Crippen molar-refractivity contribution in [2.75, 3.05) is 0 Å². The molecule has 1 unspecified atom stereocenters. The van der Waals surface area contributed by atoms with E-state index in [1.54, 1.807) is 31.2 Å². The van der Waals surface area contributed by atoms with Gasteiger partial charge in [0.25, 0.3) is 0 Å². The topological polar surface area (TPSA) is 26.0 Å². The van der Waals surface area contributed by atoms with Crippen molar-refractivity contribution in [3.63, 3.8) is 0 Å². The quantitative estimate of drug-likeness (QED) is 0.835. The van der Waals surface area contributed by atoms with Gasteiger partial charge in [-0.05, 0) is 52.2 Å². The highest BCUT2D eigenvalue weighted by Gasteiger charge is 2.19. The summed E-state index contributed by atoms with van der Waals surface area (Å²) in [6.45, 7) is 1.61. The van der Waals surface area contributed by atoms with Gasteiger partial charge in [-0.1, -0.05) is 23.7 Å². The first-order valence-corrected chi connectivity index (χ1v) is 6.74. The third kappa shape index (κ3) is 2.81. The second-order valence-electron chi connectivity index (χ2n) is 4.24. The molecule has 1 nitrogen and oxygen atoms in total. The van der Waals surface area contributed by atoms with Gasteiger partial charge >= 0.3 is 0 Å². The van der Waals surface area contributed by atoms with Gasteiger partial charge in [-0.25, -0.2) is 8.78 Å². The summed E-state index contributed by atoms with van der Waals surface area (Å²) in [6.07, 6.45) is 0. The van der Waals surface area contributed by atoms with Crippen LogP contribution in [-0.4, -0.2) is 0 Å². The van der Waals surface area contributed by atoms with Crippen LogP contribution < -0.4 is 5.73 Å². The SMILES string of the molecule is Cc1cc(C(N)c2cccc(Br)c2F)c(Cl)cc1F. The maximum absolute atomic E-state index is 14.0. The summed E-state index contributed by atoms with van der Waals surface area (Å²) in [4.78, 5) is 0. The van der Waals surface area contributed by atoms with Crippen LogP contribution in [0.3, 0.4) is 0 Å². The molecule has 0 amide bonds. The van der Waals surface area contributed by atoms with E-state index in [0.717, 1.165) is 0 Å². The Morgan fingerprint density at radius 1 is 1.21 bits per heavy atom. The average molecular weight is 347 g/mol. The molecular formula is C14H11BrClF2N. The lowest BCUT2D eigenvalue weighted by molar-refractivity contribution is 0.592. The van der Waals surface area contributed by atoms with E-state index in [-0.39, 0.29) is 5.02 Å². The van der Waals surface area contributed by atoms with Crippen molar-refractivity contribution in [2.24, 2.45) is 5.73 Å². The van der Waals surface area contributed by atoms with Gasteiger partial charge < -0.3 is 5.73 Å². The molecule has 19 heavy (non-hydrogen) atoms. The fourth-order valence-electron chi connectivity index (χ4n) is 1.85. The fraction of sp³-hybridized carbons (Fsp3) is 0.143. The number of hydrogen-bond acceptors (Lipinski definition) is 1. The van der Waals surface area contributed by atoms with E-state index in [1.165, 1.54) is 6.07 Å². The molecule has 0 aliphatic heterocycles. The Bertz CT molecular complexity index is 631. The minimum absolute atomic E-state index is 0.190. The average Bonchev–Trinajstić information content (AvgIpc) is 2.36. The molecule has 0 spiro atoms. The molecule has 0 bridgehead atoms. The van der Waals surface area contributed by atoms with Crippen molar-refractivity contribution in [3.8, 4) is 0 Å². The number of hydrogen-bond donors (Lipinski definition) is 1. The van der Waals surface area contributed by atoms with E-state index >= 15 is 0 Å². The Morgan fingerprint density at radius 3 is 2.58 bits per heavy atom. The van der Waals surface area contributed by atoms with Crippen LogP contribution in [0.4, 0.5) is 8.78 Å². The lowest BCUT2D eigenvalue weighted by atomic mass is 9.97. The normalized spacial score (nSPS) is 12.5. The molecule has 2 N–H and O–H groups in total. The molecule has 2 aromatic rings. The maximum atomic E-state index is 14.0. The van der Waals surface area contributed by atoms with Gasteiger partial charge in [0, 0.05) is 10.6 Å². The van der Waals surface area contributed by atoms with Crippen LogP contribution in [0.5, 0.6) is 0 Å². The van der Waals surface area contributed by atoms with Gasteiger partial charge in [0.1, 0.15) is 11.6 Å². The number of aryl methyl sites for hydroxylation is 1. The van der Waals surface area contributed by atoms with Crippen molar-refractivity contribution in [1.82, 2.24) is 0 Å². The van der Waals surface area contributed by atoms with Gasteiger partial charge in [-0.3, -0.25) is 0 Å². The van der Waals surface area contributed by atoms with Crippen LogP contribution in [0.15, 0.2) is 34.8 Å². The summed E-state index contributed by atoms with van der Waals surface area (Å²) in [7, 11) is 0. The Morgan fingerprint density at radius 2 is 1.89 bits per heavy atom. The van der Waals surface area contributed by atoms with Gasteiger partial charge in [0.05, 0.1) is 10.5 Å². The second kappa shape index (κ2) is 5.57. The number of benzene rings is 2. The number of nitrogens with two attached hydrogens (primary N) is 1. The zero-order valence-corrected chi connectivity index (χ0v) is 12.4. The molecule has 0 heterocycles. The van der Waals surface area contributed by atoms with Crippen molar-refractivity contribution in [3.05, 3.63) is 68.2 Å². The van der Waals surface area contributed by atoms with Crippen LogP contribution in [0.2, 0.25) is 5.02 Å². The molecule has 0 fully saturated rings. The van der Waals surface area contributed by atoms with E-state index in [2.05, 4.69) is 15.9 Å². The van der Waals surface area contributed by atoms with Gasteiger partial charge in [-0.15, -0.1) is 0 Å². The zero-order valence-electron chi connectivity index (χ0n) is 10.1. The highest BCUT2D eigenvalue weighted by atomic mass is 79.9. The molecule has 0 aliphatic rings. The van der Waals surface area contributed by atoms with Gasteiger partial charge in [0.2, 0.25) is 0 Å². The summed E-state index contributed by atoms with van der Waals surface area (Å²) >= 11 is 9.09. The summed E-state index contributed by atoms with van der Waals surface area (Å²) in [5, 5.41) is 0.190. The standard InChI is InChI=1S/C14H11BrClF2N/c1-7-5-9(11(16)6-12(7)17)14(19)8-3-2-4-10(15)13(8)18/h2-6,14H,19H2,1H3. The third-order valence-corrected chi connectivity index (χ3v) is 3.87. The highest BCUT2D eigenvalue weighted by molar-refractivity contribution is 9.10. The third-order valence-electron chi connectivity index (χ3n) is 2.93. The van der Waals surface area contributed by atoms with Crippen LogP contribution in [0.25, 0.3) is 0 Å². The van der Waals surface area contributed by atoms with Crippen LogP contribution in [0, 0.1) is 18.6 Å². The Kier molecular flexibility index (Phi) is 4.23. The van der Waals surface area contributed by atoms with E-state index in [4.69, 9.17) is 17.3 Å². The van der Waals surface area contributed by atoms with Crippen LogP contribution >= 0.6 is 27.5 Å². The first-order chi connectivity index (χ1) is 8.91. The van der Waals surface area contributed by atoms with E-state index in [0.29, 0.717) is 21.2 Å². The van der Waals surface area contributed by atoms with Crippen molar-refractivity contribution in [1.29, 1.82) is 0 Å². The summed E-state index contributed by atoms with van der Waals surface area (Å²) in [6, 6.07) is 6.85. The van der Waals surface area contributed by atoms with Crippen LogP contribution in [0.1, 0.15) is 22.7 Å². The molecule has 100 valence electrons. The predicted octanol–water partition coefficient (Wildman–Crippen LogP) is 4.74. The monoisotopic (exact) mass is 345 g/mol. The molecule has 2 aromatic carbocycles. The maximum Gasteiger partial charge on any atom is 0.142 e. The van der Waals surface area contributed by atoms with Crippen molar-refractivity contribution >= 4 is 27.5 Å². The largest absolute Gasteiger partial charge is 0.320 e. The first-order valence-electron chi connectivity index (χ1n) is 5.57. The zero-order chi connectivity index (χ0) is 14.2. The molecule has 5 heteroatoms. The predicted molar refractivity (Wildman–Crippen MR) is 76.3 cm³/mol. The molecule has 2 rings (SSSR count). The van der Waals surface area contributed by atoms with E-state index in [1.807, 2.05) is 0 Å². The lowest BCUT2D eigenvalue weighted by Crippen LogP contribution is -2.15. The highest BCUT2D eigenvalue weighted by Crippen LogP contribution is 2.31. The van der Waals surface area contributed by atoms with Gasteiger partial charge in [0.15, 0.2) is 0 Å². The minimum atomic E-state index is -0.746. The molecule has 0 radical (unpaired) electrons. The number of rotatable bonds is 2. The summed E-state index contributed by atoms with van der Waals surface area (Å²) in [5.74, 6) is -0.844.